The second-order valence-corrected chi connectivity index (χ2v) is 8.83. The Morgan fingerprint density at radius 3 is 2.67 bits per heavy atom. The monoisotopic (exact) mass is 412 g/mol. The van der Waals surface area contributed by atoms with Crippen molar-refractivity contribution in [1.82, 2.24) is 19.8 Å². The summed E-state index contributed by atoms with van der Waals surface area (Å²) in [7, 11) is -3.68. The van der Waals surface area contributed by atoms with Crippen LogP contribution in [-0.4, -0.2) is 37.2 Å². The van der Waals surface area contributed by atoms with Crippen molar-refractivity contribution in [2.24, 2.45) is 5.92 Å². The average Bonchev–Trinajstić information content (AvgIpc) is 2.90. The summed E-state index contributed by atoms with van der Waals surface area (Å²) in [5, 5.41) is 7.57. The molecule has 1 heterocycles. The molecule has 0 saturated carbocycles. The topological polar surface area (TPSA) is 93.1 Å². The normalized spacial score (nSPS) is 12.7. The molecular formula is C18H25ClN4O3S. The molecule has 0 aliphatic heterocycles. The fraction of sp³-hybridized carbons (Fsp3) is 0.444. The maximum atomic E-state index is 12.2. The van der Waals surface area contributed by atoms with Crippen LogP contribution in [-0.2, 0) is 21.4 Å². The van der Waals surface area contributed by atoms with Gasteiger partial charge in [-0.2, -0.15) is 5.10 Å². The molecule has 2 aromatic rings. The zero-order valence-electron chi connectivity index (χ0n) is 15.7. The molecular weight excluding hydrogens is 388 g/mol. The number of aryl methyl sites for hydroxylation is 2. The molecule has 1 aromatic heterocycles. The van der Waals surface area contributed by atoms with Gasteiger partial charge >= 0.3 is 0 Å². The fourth-order valence-electron chi connectivity index (χ4n) is 2.61. The van der Waals surface area contributed by atoms with E-state index in [1.807, 2.05) is 31.5 Å². The van der Waals surface area contributed by atoms with Crippen LogP contribution >= 0.6 is 11.6 Å². The highest BCUT2D eigenvalue weighted by Crippen LogP contribution is 2.15. The van der Waals surface area contributed by atoms with Crippen molar-refractivity contribution in [1.29, 1.82) is 0 Å². The maximum absolute atomic E-state index is 12.2. The van der Waals surface area contributed by atoms with E-state index in [4.69, 9.17) is 11.6 Å². The molecule has 27 heavy (non-hydrogen) atoms. The first-order chi connectivity index (χ1) is 12.7. The highest BCUT2D eigenvalue weighted by atomic mass is 35.5. The third kappa shape index (κ3) is 6.64. The lowest BCUT2D eigenvalue weighted by Crippen LogP contribution is -2.33. The first-order valence-corrected chi connectivity index (χ1v) is 10.6. The number of aromatic nitrogens is 2. The molecule has 7 nitrogen and oxygen atoms in total. The standard InChI is InChI=1S/C18H25ClN4O3S/c1-13(12-23-15(3)9-14(2)22-23)11-20-18(24)7-8-21-27(25,26)17-6-4-5-16(19)10-17/h4-6,9-10,13,21H,7-8,11-12H2,1-3H3,(H,20,24). The largest absolute Gasteiger partial charge is 0.356 e. The highest BCUT2D eigenvalue weighted by Gasteiger charge is 2.15. The van der Waals surface area contributed by atoms with Crippen molar-refractivity contribution in [2.75, 3.05) is 13.1 Å². The minimum atomic E-state index is -3.68. The van der Waals surface area contributed by atoms with Crippen LogP contribution in [0.5, 0.6) is 0 Å². The van der Waals surface area contributed by atoms with Gasteiger partial charge in [0.1, 0.15) is 0 Å². The number of hydrogen-bond donors (Lipinski definition) is 2. The van der Waals surface area contributed by atoms with E-state index in [2.05, 4.69) is 15.1 Å². The first-order valence-electron chi connectivity index (χ1n) is 8.70. The number of nitrogens with one attached hydrogen (secondary N) is 2. The van der Waals surface area contributed by atoms with E-state index in [-0.39, 0.29) is 29.7 Å². The number of benzene rings is 1. The number of carbonyl (C=O) groups excluding carboxylic acids is 1. The molecule has 1 unspecified atom stereocenters. The van der Waals surface area contributed by atoms with Gasteiger partial charge < -0.3 is 5.32 Å². The molecule has 0 bridgehead atoms. The number of sulfonamides is 1. The SMILES string of the molecule is Cc1cc(C)n(CC(C)CNC(=O)CCNS(=O)(=O)c2cccc(Cl)c2)n1. The van der Waals surface area contributed by atoms with Crippen molar-refractivity contribution in [3.63, 3.8) is 0 Å². The lowest BCUT2D eigenvalue weighted by atomic mass is 10.2. The molecule has 0 aliphatic carbocycles. The summed E-state index contributed by atoms with van der Waals surface area (Å²) < 4.78 is 28.6. The van der Waals surface area contributed by atoms with Crippen molar-refractivity contribution >= 4 is 27.5 Å². The molecule has 0 saturated heterocycles. The number of hydrogen-bond acceptors (Lipinski definition) is 4. The number of carbonyl (C=O) groups is 1. The molecule has 0 radical (unpaired) electrons. The van der Waals surface area contributed by atoms with Crippen LogP contribution in [0.1, 0.15) is 24.7 Å². The van der Waals surface area contributed by atoms with Crippen molar-refractivity contribution < 1.29 is 13.2 Å². The molecule has 9 heteroatoms. The van der Waals surface area contributed by atoms with Crippen LogP contribution in [0.25, 0.3) is 0 Å². The lowest BCUT2D eigenvalue weighted by Gasteiger charge is -2.14. The third-order valence-corrected chi connectivity index (χ3v) is 5.68. The maximum Gasteiger partial charge on any atom is 0.240 e. The van der Waals surface area contributed by atoms with Gasteiger partial charge in [0.05, 0.1) is 10.6 Å². The summed E-state index contributed by atoms with van der Waals surface area (Å²) in [6, 6.07) is 7.99. The van der Waals surface area contributed by atoms with E-state index >= 15 is 0 Å². The number of rotatable bonds is 9. The molecule has 148 valence electrons. The van der Waals surface area contributed by atoms with Gasteiger partial charge in [0.2, 0.25) is 15.9 Å². The summed E-state index contributed by atoms with van der Waals surface area (Å²) in [6.45, 7) is 7.20. The quantitative estimate of drug-likeness (QED) is 0.660. The Balaban J connectivity index is 1.73. The lowest BCUT2D eigenvalue weighted by molar-refractivity contribution is -0.121. The fourth-order valence-corrected chi connectivity index (χ4v) is 3.94. The minimum absolute atomic E-state index is 0.0204. The van der Waals surface area contributed by atoms with Crippen LogP contribution in [0.2, 0.25) is 5.02 Å². The summed E-state index contributed by atoms with van der Waals surface area (Å²) in [5.74, 6) is -0.000820. The van der Waals surface area contributed by atoms with E-state index in [0.717, 1.165) is 11.4 Å². The summed E-state index contributed by atoms with van der Waals surface area (Å²) >= 11 is 5.81. The molecule has 1 aromatic carbocycles. The van der Waals surface area contributed by atoms with Crippen LogP contribution < -0.4 is 10.0 Å². The smallest absolute Gasteiger partial charge is 0.240 e. The van der Waals surface area contributed by atoms with Crippen molar-refractivity contribution in [2.45, 2.75) is 38.6 Å². The number of halogens is 1. The summed E-state index contributed by atoms with van der Waals surface area (Å²) in [6.07, 6.45) is 0.0619. The third-order valence-electron chi connectivity index (χ3n) is 3.99. The molecule has 1 atom stereocenters. The summed E-state index contributed by atoms with van der Waals surface area (Å²) in [4.78, 5) is 12.0. The van der Waals surface area contributed by atoms with Crippen molar-refractivity contribution in [3.8, 4) is 0 Å². The molecule has 0 spiro atoms. The Labute approximate surface area is 165 Å². The average molecular weight is 413 g/mol. The number of amides is 1. The van der Waals surface area contributed by atoms with Crippen LogP contribution in [0.15, 0.2) is 35.2 Å². The molecule has 2 rings (SSSR count). The van der Waals surface area contributed by atoms with Crippen LogP contribution in [0.4, 0.5) is 0 Å². The first kappa shape index (κ1) is 21.4. The molecule has 1 amide bonds. The molecule has 0 fully saturated rings. The number of nitrogens with zero attached hydrogens (tertiary/aromatic N) is 2. The van der Waals surface area contributed by atoms with Gasteiger partial charge in [0, 0.05) is 36.8 Å². The Bertz CT molecular complexity index is 896. The van der Waals surface area contributed by atoms with E-state index in [1.54, 1.807) is 12.1 Å². The van der Waals surface area contributed by atoms with Gasteiger partial charge in [0.25, 0.3) is 0 Å². The van der Waals surface area contributed by atoms with Gasteiger partial charge in [-0.1, -0.05) is 24.6 Å². The van der Waals surface area contributed by atoms with Gasteiger partial charge in [-0.3, -0.25) is 9.48 Å². The second-order valence-electron chi connectivity index (χ2n) is 6.62. The van der Waals surface area contributed by atoms with Gasteiger partial charge in [-0.15, -0.1) is 0 Å². The molecule has 0 aliphatic rings. The Kier molecular flexibility index (Phi) is 7.41. The van der Waals surface area contributed by atoms with Gasteiger partial charge in [-0.05, 0) is 44.0 Å². The Morgan fingerprint density at radius 2 is 2.04 bits per heavy atom. The molecule has 2 N–H and O–H groups in total. The van der Waals surface area contributed by atoms with Gasteiger partial charge in [-0.25, -0.2) is 13.1 Å². The van der Waals surface area contributed by atoms with Crippen molar-refractivity contribution in [3.05, 3.63) is 46.7 Å². The Morgan fingerprint density at radius 1 is 1.30 bits per heavy atom. The van der Waals surface area contributed by atoms with Crippen LogP contribution in [0.3, 0.4) is 0 Å². The van der Waals surface area contributed by atoms with E-state index < -0.39 is 10.0 Å². The van der Waals surface area contributed by atoms with E-state index in [9.17, 15) is 13.2 Å². The zero-order valence-corrected chi connectivity index (χ0v) is 17.3. The van der Waals surface area contributed by atoms with E-state index in [1.165, 1.54) is 12.1 Å². The van der Waals surface area contributed by atoms with E-state index in [0.29, 0.717) is 18.1 Å². The van der Waals surface area contributed by atoms with Gasteiger partial charge in [0.15, 0.2) is 0 Å². The predicted molar refractivity (Wildman–Crippen MR) is 105 cm³/mol. The predicted octanol–water partition coefficient (Wildman–Crippen LogP) is 2.27. The summed E-state index contributed by atoms with van der Waals surface area (Å²) in [5.41, 5.74) is 2.05. The zero-order chi connectivity index (χ0) is 20.0. The van der Waals surface area contributed by atoms with Crippen LogP contribution in [0, 0.1) is 19.8 Å². The minimum Gasteiger partial charge on any atom is -0.356 e. The Hall–Kier alpha value is -1.90. The second kappa shape index (κ2) is 9.34. The highest BCUT2D eigenvalue weighted by molar-refractivity contribution is 7.89.